The molecule has 0 spiro atoms. The van der Waals surface area contributed by atoms with Gasteiger partial charge in [-0.1, -0.05) is 6.92 Å². The minimum absolute atomic E-state index is 0.00620. The van der Waals surface area contributed by atoms with E-state index < -0.39 is 21.2 Å². The summed E-state index contributed by atoms with van der Waals surface area (Å²) >= 11 is 0. The Morgan fingerprint density at radius 1 is 0.968 bits per heavy atom. The Kier molecular flexibility index (Phi) is 11.1. The predicted molar refractivity (Wildman–Crippen MR) is 107 cm³/mol. The van der Waals surface area contributed by atoms with Gasteiger partial charge in [0.1, 0.15) is 6.61 Å². The van der Waals surface area contributed by atoms with E-state index in [1.165, 1.54) is 0 Å². The molecule has 0 aromatic heterocycles. The first-order valence-corrected chi connectivity index (χ1v) is 9.43. The molecule has 0 saturated heterocycles. The van der Waals surface area contributed by atoms with Crippen LogP contribution in [0.1, 0.15) is 26.2 Å². The number of rotatable bonds is 15. The highest BCUT2D eigenvalue weighted by molar-refractivity contribution is 5.88. The Morgan fingerprint density at radius 3 is 2.35 bits per heavy atom. The SMILES string of the molecule is CCC(=O)NCC(=O)CCC(=O)NCCOCCOc1ccc([N+](=O)[O-])cc1[N+](=O)[O-]. The maximum atomic E-state index is 11.6. The van der Waals surface area contributed by atoms with E-state index in [0.29, 0.717) is 0 Å². The number of nitrogens with zero attached hydrogens (tertiary/aromatic N) is 2. The van der Waals surface area contributed by atoms with Crippen LogP contribution in [-0.2, 0) is 19.1 Å². The quantitative estimate of drug-likeness (QED) is 0.227. The van der Waals surface area contributed by atoms with Crippen LogP contribution in [0.25, 0.3) is 0 Å². The number of carbonyl (C=O) groups excluding carboxylic acids is 3. The second kappa shape index (κ2) is 13.6. The smallest absolute Gasteiger partial charge is 0.317 e. The summed E-state index contributed by atoms with van der Waals surface area (Å²) in [5, 5.41) is 26.7. The average molecular weight is 440 g/mol. The number of carbonyl (C=O) groups is 3. The fourth-order valence-electron chi connectivity index (χ4n) is 2.21. The van der Waals surface area contributed by atoms with Gasteiger partial charge >= 0.3 is 5.69 Å². The summed E-state index contributed by atoms with van der Waals surface area (Å²) in [6.45, 7) is 1.94. The van der Waals surface area contributed by atoms with Crippen molar-refractivity contribution in [1.82, 2.24) is 10.6 Å². The van der Waals surface area contributed by atoms with Crippen molar-refractivity contribution in [2.24, 2.45) is 0 Å². The van der Waals surface area contributed by atoms with Crippen molar-refractivity contribution in [3.63, 3.8) is 0 Å². The van der Waals surface area contributed by atoms with Crippen LogP contribution in [0.4, 0.5) is 11.4 Å². The van der Waals surface area contributed by atoms with Crippen LogP contribution in [-0.4, -0.2) is 60.4 Å². The van der Waals surface area contributed by atoms with Crippen LogP contribution in [0.5, 0.6) is 5.75 Å². The average Bonchev–Trinajstić information content (AvgIpc) is 2.74. The first-order valence-electron chi connectivity index (χ1n) is 9.43. The summed E-state index contributed by atoms with van der Waals surface area (Å²) in [6.07, 6.45) is 0.288. The Balaban J connectivity index is 2.19. The van der Waals surface area contributed by atoms with Gasteiger partial charge in [0.25, 0.3) is 5.69 Å². The van der Waals surface area contributed by atoms with Crippen molar-refractivity contribution in [1.29, 1.82) is 0 Å². The fraction of sp³-hybridized carbons (Fsp3) is 0.500. The van der Waals surface area contributed by atoms with Crippen LogP contribution in [0, 0.1) is 20.2 Å². The van der Waals surface area contributed by atoms with Crippen LogP contribution in [0.2, 0.25) is 0 Å². The minimum Gasteiger partial charge on any atom is -0.484 e. The van der Waals surface area contributed by atoms with Crippen LogP contribution < -0.4 is 15.4 Å². The molecule has 13 heteroatoms. The maximum Gasteiger partial charge on any atom is 0.317 e. The molecule has 2 N–H and O–H groups in total. The highest BCUT2D eigenvalue weighted by Gasteiger charge is 2.20. The van der Waals surface area contributed by atoms with Crippen LogP contribution in [0.15, 0.2) is 18.2 Å². The molecule has 0 heterocycles. The first-order chi connectivity index (χ1) is 14.7. The first kappa shape index (κ1) is 25.4. The second-order valence-corrected chi connectivity index (χ2v) is 6.15. The van der Waals surface area contributed by atoms with E-state index in [2.05, 4.69) is 10.6 Å². The Hall–Kier alpha value is -3.61. The molecule has 31 heavy (non-hydrogen) atoms. The van der Waals surface area contributed by atoms with Gasteiger partial charge in [-0.3, -0.25) is 34.6 Å². The van der Waals surface area contributed by atoms with E-state index >= 15 is 0 Å². The second-order valence-electron chi connectivity index (χ2n) is 6.15. The number of amides is 2. The molecule has 0 fully saturated rings. The lowest BCUT2D eigenvalue weighted by atomic mass is 10.2. The normalized spacial score (nSPS) is 10.2. The molecule has 0 bridgehead atoms. The van der Waals surface area contributed by atoms with Crippen molar-refractivity contribution in [2.75, 3.05) is 32.9 Å². The lowest BCUT2D eigenvalue weighted by Gasteiger charge is -2.08. The van der Waals surface area contributed by atoms with Gasteiger partial charge in [0, 0.05) is 31.9 Å². The molecular formula is C18H24N4O9. The Bertz CT molecular complexity index is 813. The summed E-state index contributed by atoms with van der Waals surface area (Å²) in [4.78, 5) is 54.4. The van der Waals surface area contributed by atoms with Gasteiger partial charge in [-0.15, -0.1) is 0 Å². The van der Waals surface area contributed by atoms with Gasteiger partial charge in [0.15, 0.2) is 11.5 Å². The molecule has 0 aliphatic carbocycles. The Labute approximate surface area is 177 Å². The number of hydrogen-bond acceptors (Lipinski definition) is 9. The van der Waals surface area contributed by atoms with Crippen LogP contribution >= 0.6 is 0 Å². The summed E-state index contributed by atoms with van der Waals surface area (Å²) < 4.78 is 10.5. The molecule has 2 amide bonds. The molecule has 1 aromatic carbocycles. The molecule has 0 unspecified atom stereocenters. The van der Waals surface area contributed by atoms with Crippen molar-refractivity contribution in [2.45, 2.75) is 26.2 Å². The largest absolute Gasteiger partial charge is 0.484 e. The molecule has 170 valence electrons. The zero-order valence-corrected chi connectivity index (χ0v) is 17.0. The van der Waals surface area contributed by atoms with Gasteiger partial charge in [-0.05, 0) is 6.07 Å². The number of Topliss-reactive ketones (excluding diaryl/α,β-unsaturated/α-hetero) is 1. The van der Waals surface area contributed by atoms with Gasteiger partial charge in [-0.2, -0.15) is 0 Å². The van der Waals surface area contributed by atoms with E-state index in [-0.39, 0.29) is 75.5 Å². The monoisotopic (exact) mass is 440 g/mol. The number of benzene rings is 1. The third kappa shape index (κ3) is 10.1. The van der Waals surface area contributed by atoms with E-state index in [1.54, 1.807) is 6.92 Å². The van der Waals surface area contributed by atoms with Crippen molar-refractivity contribution in [3.05, 3.63) is 38.4 Å². The number of nitro groups is 2. The van der Waals surface area contributed by atoms with E-state index in [4.69, 9.17) is 9.47 Å². The van der Waals surface area contributed by atoms with Crippen molar-refractivity contribution in [3.8, 4) is 5.75 Å². The van der Waals surface area contributed by atoms with Crippen molar-refractivity contribution >= 4 is 29.0 Å². The summed E-state index contributed by atoms with van der Waals surface area (Å²) in [5.74, 6) is -0.934. The maximum absolute atomic E-state index is 11.6. The van der Waals surface area contributed by atoms with Crippen molar-refractivity contribution < 1.29 is 33.7 Å². The molecule has 0 saturated carbocycles. The number of nitro benzene ring substituents is 2. The van der Waals surface area contributed by atoms with E-state index in [9.17, 15) is 34.6 Å². The summed E-state index contributed by atoms with van der Waals surface area (Å²) in [7, 11) is 0. The lowest BCUT2D eigenvalue weighted by Crippen LogP contribution is -2.31. The number of ketones is 1. The third-order valence-corrected chi connectivity index (χ3v) is 3.84. The van der Waals surface area contributed by atoms with E-state index in [1.807, 2.05) is 0 Å². The molecular weight excluding hydrogens is 416 g/mol. The zero-order chi connectivity index (χ0) is 23.2. The zero-order valence-electron chi connectivity index (χ0n) is 17.0. The third-order valence-electron chi connectivity index (χ3n) is 3.84. The highest BCUT2D eigenvalue weighted by Crippen LogP contribution is 2.30. The summed E-state index contributed by atoms with van der Waals surface area (Å²) in [6, 6.07) is 3.06. The van der Waals surface area contributed by atoms with E-state index in [0.717, 1.165) is 18.2 Å². The number of nitrogens with one attached hydrogen (secondary N) is 2. The topological polar surface area (TPSA) is 180 Å². The summed E-state index contributed by atoms with van der Waals surface area (Å²) in [5.41, 5.74) is -0.941. The Morgan fingerprint density at radius 2 is 1.71 bits per heavy atom. The molecule has 1 aromatic rings. The molecule has 0 aliphatic heterocycles. The highest BCUT2D eigenvalue weighted by atomic mass is 16.6. The van der Waals surface area contributed by atoms with Crippen LogP contribution in [0.3, 0.4) is 0 Å². The molecule has 1 rings (SSSR count). The molecule has 0 atom stereocenters. The standard InChI is InChI=1S/C18H24N4O9/c1-2-17(24)20-12-14(23)4-6-18(25)19-7-8-30-9-10-31-16-5-3-13(21(26)27)11-15(16)22(28)29/h3,5,11H,2,4,6-10,12H2,1H3,(H,19,25)(H,20,24). The van der Waals surface area contributed by atoms with Gasteiger partial charge < -0.3 is 20.1 Å². The number of hydrogen-bond donors (Lipinski definition) is 2. The van der Waals surface area contributed by atoms with Gasteiger partial charge in [-0.25, -0.2) is 0 Å². The molecule has 0 radical (unpaired) electrons. The lowest BCUT2D eigenvalue weighted by molar-refractivity contribution is -0.394. The number of ether oxygens (including phenoxy) is 2. The van der Waals surface area contributed by atoms with Gasteiger partial charge in [0.2, 0.25) is 11.8 Å². The molecule has 0 aliphatic rings. The van der Waals surface area contributed by atoms with Gasteiger partial charge in [0.05, 0.1) is 35.7 Å². The molecule has 13 nitrogen and oxygen atoms in total. The number of non-ortho nitro benzene ring substituents is 1. The fourth-order valence-corrected chi connectivity index (χ4v) is 2.21. The minimum atomic E-state index is -0.777. The predicted octanol–water partition coefficient (Wildman–Crippen LogP) is 0.890.